The molecule has 0 bridgehead atoms. The van der Waals surface area contributed by atoms with E-state index in [2.05, 4.69) is 9.72 Å². The van der Waals surface area contributed by atoms with Gasteiger partial charge >= 0.3 is 6.36 Å². The number of nitrogens with zero attached hydrogens (tertiary/aromatic N) is 2. The minimum atomic E-state index is -4.90. The number of hydrogen-bond donors (Lipinski definition) is 0. The van der Waals surface area contributed by atoms with Gasteiger partial charge in [0.2, 0.25) is 0 Å². The number of rotatable bonds is 2. The largest absolute Gasteiger partial charge is 0.573 e. The Morgan fingerprint density at radius 1 is 1.40 bits per heavy atom. The van der Waals surface area contributed by atoms with Crippen molar-refractivity contribution in [1.82, 2.24) is 4.98 Å². The van der Waals surface area contributed by atoms with Crippen LogP contribution >= 0.6 is 0 Å². The number of halogens is 4. The summed E-state index contributed by atoms with van der Waals surface area (Å²) < 4.78 is 51.0. The second-order valence-electron chi connectivity index (χ2n) is 2.44. The molecule has 0 aliphatic rings. The molecule has 0 spiro atoms. The van der Waals surface area contributed by atoms with Crippen LogP contribution in [0.5, 0.6) is 5.75 Å². The number of alkyl halides is 4. The Morgan fingerprint density at radius 2 is 2.07 bits per heavy atom. The van der Waals surface area contributed by atoms with Gasteiger partial charge in [0.1, 0.15) is 12.7 Å². The minimum absolute atomic E-state index is 0.124. The van der Waals surface area contributed by atoms with Gasteiger partial charge in [0.15, 0.2) is 11.4 Å². The van der Waals surface area contributed by atoms with E-state index in [4.69, 9.17) is 5.26 Å². The van der Waals surface area contributed by atoms with Crippen molar-refractivity contribution in [2.75, 3.05) is 0 Å². The molecule has 1 aromatic heterocycles. The Morgan fingerprint density at radius 3 is 2.53 bits per heavy atom. The number of aromatic nitrogens is 1. The van der Waals surface area contributed by atoms with Crippen LogP contribution in [0.2, 0.25) is 0 Å². The van der Waals surface area contributed by atoms with Gasteiger partial charge in [-0.3, -0.25) is 0 Å². The lowest BCUT2D eigenvalue weighted by Gasteiger charge is -2.09. The zero-order chi connectivity index (χ0) is 11.5. The summed E-state index contributed by atoms with van der Waals surface area (Å²) in [7, 11) is 0. The minimum Gasteiger partial charge on any atom is -0.403 e. The SMILES string of the molecule is N#Cc1nc(CF)ccc1OC(F)(F)F. The molecule has 1 aromatic rings. The van der Waals surface area contributed by atoms with Crippen LogP contribution in [-0.4, -0.2) is 11.3 Å². The van der Waals surface area contributed by atoms with Gasteiger partial charge in [-0.05, 0) is 12.1 Å². The number of hydrogen-bond acceptors (Lipinski definition) is 3. The molecule has 0 saturated heterocycles. The Kier molecular flexibility index (Phi) is 3.09. The monoisotopic (exact) mass is 220 g/mol. The van der Waals surface area contributed by atoms with Crippen molar-refractivity contribution in [3.8, 4) is 11.8 Å². The first kappa shape index (κ1) is 11.2. The van der Waals surface area contributed by atoms with Crippen LogP contribution in [0.3, 0.4) is 0 Å². The van der Waals surface area contributed by atoms with E-state index in [9.17, 15) is 17.6 Å². The Balaban J connectivity index is 3.04. The molecule has 0 fully saturated rings. The first-order valence-corrected chi connectivity index (χ1v) is 3.68. The molecule has 0 aromatic carbocycles. The lowest BCUT2D eigenvalue weighted by Crippen LogP contribution is -2.18. The van der Waals surface area contributed by atoms with Gasteiger partial charge in [0.25, 0.3) is 0 Å². The summed E-state index contributed by atoms with van der Waals surface area (Å²) in [5, 5.41) is 8.45. The highest BCUT2D eigenvalue weighted by molar-refractivity contribution is 5.38. The number of nitriles is 1. The molecule has 0 radical (unpaired) electrons. The molecule has 0 aliphatic heterocycles. The van der Waals surface area contributed by atoms with Crippen LogP contribution in [-0.2, 0) is 6.67 Å². The standard InChI is InChI=1S/C8H4F4N2O/c9-3-5-1-2-7(6(4-13)14-5)15-8(10,11)12/h1-2H,3H2. The molecule has 7 heteroatoms. The fourth-order valence-electron chi connectivity index (χ4n) is 0.848. The summed E-state index contributed by atoms with van der Waals surface area (Å²) in [6, 6.07) is 3.26. The predicted octanol–water partition coefficient (Wildman–Crippen LogP) is 2.32. The molecule has 0 amide bonds. The van der Waals surface area contributed by atoms with E-state index in [1.54, 1.807) is 0 Å². The Bertz CT molecular complexity index is 397. The third kappa shape index (κ3) is 3.09. The van der Waals surface area contributed by atoms with Gasteiger partial charge in [-0.25, -0.2) is 9.37 Å². The summed E-state index contributed by atoms with van der Waals surface area (Å²) >= 11 is 0. The predicted molar refractivity (Wildman–Crippen MR) is 40.4 cm³/mol. The summed E-state index contributed by atoms with van der Waals surface area (Å²) in [5.41, 5.74) is -0.719. The van der Waals surface area contributed by atoms with Crippen molar-refractivity contribution in [2.24, 2.45) is 0 Å². The van der Waals surface area contributed by atoms with E-state index >= 15 is 0 Å². The smallest absolute Gasteiger partial charge is 0.403 e. The highest BCUT2D eigenvalue weighted by Crippen LogP contribution is 2.25. The highest BCUT2D eigenvalue weighted by Gasteiger charge is 2.32. The molecule has 0 atom stereocenters. The van der Waals surface area contributed by atoms with Crippen LogP contribution in [0.4, 0.5) is 17.6 Å². The molecule has 80 valence electrons. The van der Waals surface area contributed by atoms with Gasteiger partial charge in [0.05, 0.1) is 5.69 Å². The summed E-state index contributed by atoms with van der Waals surface area (Å²) in [4.78, 5) is 3.33. The van der Waals surface area contributed by atoms with Crippen molar-refractivity contribution in [1.29, 1.82) is 5.26 Å². The van der Waals surface area contributed by atoms with E-state index in [0.717, 1.165) is 12.1 Å². The lowest BCUT2D eigenvalue weighted by molar-refractivity contribution is -0.274. The van der Waals surface area contributed by atoms with Crippen LogP contribution in [0.1, 0.15) is 11.4 Å². The fraction of sp³-hybridized carbons (Fsp3) is 0.250. The van der Waals surface area contributed by atoms with Crippen LogP contribution < -0.4 is 4.74 Å². The van der Waals surface area contributed by atoms with Crippen molar-refractivity contribution in [3.63, 3.8) is 0 Å². The van der Waals surface area contributed by atoms with Crippen molar-refractivity contribution >= 4 is 0 Å². The molecule has 15 heavy (non-hydrogen) atoms. The zero-order valence-corrected chi connectivity index (χ0v) is 7.18. The first-order chi connectivity index (χ1) is 6.96. The Labute approximate surface area is 81.9 Å². The van der Waals surface area contributed by atoms with Crippen LogP contribution in [0, 0.1) is 11.3 Å². The molecule has 1 rings (SSSR count). The van der Waals surface area contributed by atoms with Gasteiger partial charge in [-0.1, -0.05) is 0 Å². The van der Waals surface area contributed by atoms with E-state index in [1.807, 2.05) is 0 Å². The molecular formula is C8H4F4N2O. The average Bonchev–Trinajstić information content (AvgIpc) is 2.16. The number of ether oxygens (including phenoxy) is 1. The van der Waals surface area contributed by atoms with Crippen molar-refractivity contribution < 1.29 is 22.3 Å². The highest BCUT2D eigenvalue weighted by atomic mass is 19.4. The van der Waals surface area contributed by atoms with E-state index < -0.39 is 24.5 Å². The first-order valence-electron chi connectivity index (χ1n) is 3.68. The molecule has 0 N–H and O–H groups in total. The van der Waals surface area contributed by atoms with Gasteiger partial charge in [0, 0.05) is 0 Å². The maximum absolute atomic E-state index is 12.1. The molecule has 3 nitrogen and oxygen atoms in total. The maximum Gasteiger partial charge on any atom is 0.573 e. The van der Waals surface area contributed by atoms with Gasteiger partial charge in [-0.2, -0.15) is 5.26 Å². The third-order valence-electron chi connectivity index (χ3n) is 1.38. The molecule has 1 heterocycles. The molecule has 0 aliphatic carbocycles. The van der Waals surface area contributed by atoms with Crippen LogP contribution in [0.15, 0.2) is 12.1 Å². The van der Waals surface area contributed by atoms with Crippen molar-refractivity contribution in [3.05, 3.63) is 23.5 Å². The summed E-state index contributed by atoms with van der Waals surface area (Å²) in [6.45, 7) is -0.957. The summed E-state index contributed by atoms with van der Waals surface area (Å²) in [5.74, 6) is -0.734. The Hall–Kier alpha value is -1.84. The molecule has 0 unspecified atom stereocenters. The zero-order valence-electron chi connectivity index (χ0n) is 7.18. The summed E-state index contributed by atoms with van der Waals surface area (Å²) in [6.07, 6.45) is -4.90. The van der Waals surface area contributed by atoms with E-state index in [-0.39, 0.29) is 5.69 Å². The van der Waals surface area contributed by atoms with Gasteiger partial charge in [-0.15, -0.1) is 13.2 Å². The van der Waals surface area contributed by atoms with Gasteiger partial charge < -0.3 is 4.74 Å². The quantitative estimate of drug-likeness (QED) is 0.718. The average molecular weight is 220 g/mol. The third-order valence-corrected chi connectivity index (χ3v) is 1.38. The fourth-order valence-corrected chi connectivity index (χ4v) is 0.848. The normalized spacial score (nSPS) is 10.9. The topological polar surface area (TPSA) is 45.9 Å². The molecule has 0 saturated carbocycles. The lowest BCUT2D eigenvalue weighted by atomic mass is 10.3. The second-order valence-corrected chi connectivity index (χ2v) is 2.44. The van der Waals surface area contributed by atoms with Crippen LogP contribution in [0.25, 0.3) is 0 Å². The second kappa shape index (κ2) is 4.13. The van der Waals surface area contributed by atoms with E-state index in [0.29, 0.717) is 0 Å². The van der Waals surface area contributed by atoms with E-state index in [1.165, 1.54) is 6.07 Å². The number of pyridine rings is 1. The van der Waals surface area contributed by atoms with Crippen molar-refractivity contribution in [2.45, 2.75) is 13.0 Å². The molecular weight excluding hydrogens is 216 g/mol. The maximum atomic E-state index is 12.1.